The van der Waals surface area contributed by atoms with Crippen molar-refractivity contribution in [3.8, 4) is 0 Å². The number of likely N-dealkylation sites (tertiary alicyclic amines) is 1. The molecule has 3 atom stereocenters. The molecule has 0 radical (unpaired) electrons. The summed E-state index contributed by atoms with van der Waals surface area (Å²) in [4.78, 5) is 38.2. The van der Waals surface area contributed by atoms with E-state index in [1.807, 2.05) is 0 Å². The molecule has 1 aliphatic rings. The summed E-state index contributed by atoms with van der Waals surface area (Å²) in [6, 6.07) is -2.08. The summed E-state index contributed by atoms with van der Waals surface area (Å²) in [7, 11) is 0. The van der Waals surface area contributed by atoms with Gasteiger partial charge in [-0.2, -0.15) is 0 Å². The predicted octanol–water partition coefficient (Wildman–Crippen LogP) is 2.87. The lowest BCUT2D eigenvalue weighted by Gasteiger charge is -2.41. The molecule has 2 amide bonds. The molecule has 26 heavy (non-hydrogen) atoms. The van der Waals surface area contributed by atoms with Crippen LogP contribution in [0.25, 0.3) is 0 Å². The number of nitrogens with zero attached hydrogens (tertiary/aromatic N) is 1. The summed E-state index contributed by atoms with van der Waals surface area (Å²) in [5.74, 6) is -1.48. The van der Waals surface area contributed by atoms with E-state index < -0.39 is 35.7 Å². The average Bonchev–Trinajstić information content (AvgIpc) is 2.52. The van der Waals surface area contributed by atoms with E-state index in [9.17, 15) is 19.5 Å². The minimum absolute atomic E-state index is 0.182. The lowest BCUT2D eigenvalue weighted by Crippen LogP contribution is -2.59. The molecule has 0 saturated carbocycles. The molecule has 1 aliphatic heterocycles. The van der Waals surface area contributed by atoms with Crippen molar-refractivity contribution in [2.24, 2.45) is 0 Å². The van der Waals surface area contributed by atoms with E-state index in [-0.39, 0.29) is 12.5 Å². The minimum atomic E-state index is -1.04. The number of hydrogen-bond donors (Lipinski definition) is 2. The zero-order valence-corrected chi connectivity index (χ0v) is 15.9. The van der Waals surface area contributed by atoms with Gasteiger partial charge in [-0.05, 0) is 52.9 Å². The van der Waals surface area contributed by atoms with Gasteiger partial charge in [0.1, 0.15) is 17.7 Å². The Morgan fingerprint density at radius 1 is 1.27 bits per heavy atom. The van der Waals surface area contributed by atoms with Crippen LogP contribution in [0.1, 0.15) is 52.9 Å². The monoisotopic (exact) mass is 366 g/mol. The number of carbonyl (C=O) groups is 3. The van der Waals surface area contributed by atoms with Crippen molar-refractivity contribution in [1.82, 2.24) is 10.2 Å². The van der Waals surface area contributed by atoms with Gasteiger partial charge >= 0.3 is 12.1 Å². The number of carbonyl (C=O) groups excluding carboxylic acids is 2. The van der Waals surface area contributed by atoms with E-state index in [0.29, 0.717) is 19.3 Å². The van der Waals surface area contributed by atoms with Crippen LogP contribution in [-0.2, 0) is 14.3 Å². The number of aliphatic carboxylic acids is 1. The normalized spacial score (nSPS) is 21.4. The number of carboxylic acid groups (broad SMARTS) is 1. The predicted molar refractivity (Wildman–Crippen MR) is 98.7 cm³/mol. The highest BCUT2D eigenvalue weighted by Crippen LogP contribution is 2.27. The summed E-state index contributed by atoms with van der Waals surface area (Å²) >= 11 is 0. The molecule has 0 spiro atoms. The van der Waals surface area contributed by atoms with E-state index in [0.717, 1.165) is 6.42 Å². The van der Waals surface area contributed by atoms with Crippen LogP contribution >= 0.6 is 0 Å². The van der Waals surface area contributed by atoms with Gasteiger partial charge in [0.25, 0.3) is 0 Å². The zero-order chi connectivity index (χ0) is 19.9. The smallest absolute Gasteiger partial charge is 0.408 e. The maximum absolute atomic E-state index is 13.1. The number of alkyl carbamates (subject to hydrolysis) is 1. The first-order valence-electron chi connectivity index (χ1n) is 8.87. The molecule has 7 heteroatoms. The van der Waals surface area contributed by atoms with Gasteiger partial charge in [0, 0.05) is 6.04 Å². The fraction of sp³-hybridized carbons (Fsp3) is 0.632. The summed E-state index contributed by atoms with van der Waals surface area (Å²) < 4.78 is 5.21. The summed E-state index contributed by atoms with van der Waals surface area (Å²) in [5, 5.41) is 12.1. The van der Waals surface area contributed by atoms with Gasteiger partial charge in [0.05, 0.1) is 0 Å². The number of amides is 2. The number of piperidine rings is 1. The molecular formula is C19H30N2O5. The van der Waals surface area contributed by atoms with Crippen molar-refractivity contribution in [3.63, 3.8) is 0 Å². The maximum atomic E-state index is 13.1. The Kier molecular flexibility index (Phi) is 7.86. The molecule has 0 aromatic heterocycles. The Bertz CT molecular complexity index is 553. The van der Waals surface area contributed by atoms with Crippen molar-refractivity contribution in [1.29, 1.82) is 0 Å². The van der Waals surface area contributed by atoms with Crippen LogP contribution < -0.4 is 5.32 Å². The van der Waals surface area contributed by atoms with Crippen LogP contribution in [0.3, 0.4) is 0 Å². The van der Waals surface area contributed by atoms with Gasteiger partial charge in [-0.15, -0.1) is 13.2 Å². The Balaban J connectivity index is 3.04. The molecule has 1 heterocycles. The lowest BCUT2D eigenvalue weighted by molar-refractivity contribution is -0.156. The summed E-state index contributed by atoms with van der Waals surface area (Å²) in [5.41, 5.74) is -0.702. The standard InChI is InChI=1S/C19H30N2O5/c1-6-9-13-11-8-12-15(17(23)24)21(13)16(22)14(10-7-2)20-18(25)26-19(3,4)5/h6-7,13-15H,1-2,8-12H2,3-5H3,(H,20,25)(H,23,24)/t13?,14-,15-/m0/s1. The highest BCUT2D eigenvalue weighted by molar-refractivity contribution is 5.90. The molecule has 1 saturated heterocycles. The SMILES string of the molecule is C=CCC1CCC[C@@H](C(=O)O)N1C(=O)[C@H](CC=C)NC(=O)OC(C)(C)C. The number of nitrogens with one attached hydrogen (secondary N) is 1. The third-order valence-corrected chi connectivity index (χ3v) is 4.11. The molecular weight excluding hydrogens is 336 g/mol. The Labute approximate surface area is 155 Å². The second kappa shape index (κ2) is 9.40. The first kappa shape index (κ1) is 21.7. The van der Waals surface area contributed by atoms with Gasteiger partial charge in [-0.3, -0.25) is 4.79 Å². The van der Waals surface area contributed by atoms with E-state index in [1.165, 1.54) is 11.0 Å². The number of rotatable bonds is 7. The molecule has 0 bridgehead atoms. The highest BCUT2D eigenvalue weighted by Gasteiger charge is 2.40. The Morgan fingerprint density at radius 3 is 2.42 bits per heavy atom. The van der Waals surface area contributed by atoms with Crippen LogP contribution in [-0.4, -0.2) is 51.7 Å². The molecule has 2 N–H and O–H groups in total. The Morgan fingerprint density at radius 2 is 1.92 bits per heavy atom. The topological polar surface area (TPSA) is 95.9 Å². The summed E-state index contributed by atoms with van der Waals surface area (Å²) in [6.07, 6.45) is 4.98. The van der Waals surface area contributed by atoms with Gasteiger partial charge in [0.2, 0.25) is 5.91 Å². The second-order valence-electron chi connectivity index (χ2n) is 7.43. The van der Waals surface area contributed by atoms with Gasteiger partial charge in [-0.1, -0.05) is 12.2 Å². The number of hydrogen-bond acceptors (Lipinski definition) is 4. The fourth-order valence-corrected chi connectivity index (χ4v) is 3.10. The highest BCUT2D eigenvalue weighted by atomic mass is 16.6. The van der Waals surface area contributed by atoms with Crippen LogP contribution in [0.5, 0.6) is 0 Å². The van der Waals surface area contributed by atoms with Gasteiger partial charge in [0.15, 0.2) is 0 Å². The first-order valence-corrected chi connectivity index (χ1v) is 8.87. The molecule has 0 aliphatic carbocycles. The molecule has 1 unspecified atom stereocenters. The number of ether oxygens (including phenoxy) is 1. The van der Waals surface area contributed by atoms with Gasteiger partial charge in [-0.25, -0.2) is 9.59 Å². The minimum Gasteiger partial charge on any atom is -0.480 e. The van der Waals surface area contributed by atoms with Gasteiger partial charge < -0.3 is 20.1 Å². The van der Waals surface area contributed by atoms with Crippen LogP contribution in [0.15, 0.2) is 25.3 Å². The molecule has 0 aromatic rings. The van der Waals surface area contributed by atoms with Crippen molar-refractivity contribution < 1.29 is 24.2 Å². The zero-order valence-electron chi connectivity index (χ0n) is 15.9. The third kappa shape index (κ3) is 6.20. The third-order valence-electron chi connectivity index (χ3n) is 4.11. The molecule has 146 valence electrons. The van der Waals surface area contributed by atoms with Crippen molar-refractivity contribution in [3.05, 3.63) is 25.3 Å². The first-order chi connectivity index (χ1) is 12.1. The van der Waals surface area contributed by atoms with E-state index >= 15 is 0 Å². The van der Waals surface area contributed by atoms with E-state index in [2.05, 4.69) is 18.5 Å². The maximum Gasteiger partial charge on any atom is 0.408 e. The average molecular weight is 366 g/mol. The second-order valence-corrected chi connectivity index (χ2v) is 7.43. The summed E-state index contributed by atoms with van der Waals surface area (Å²) in [6.45, 7) is 12.5. The molecule has 7 nitrogen and oxygen atoms in total. The van der Waals surface area contributed by atoms with Crippen LogP contribution in [0.2, 0.25) is 0 Å². The largest absolute Gasteiger partial charge is 0.480 e. The van der Waals surface area contributed by atoms with Crippen molar-refractivity contribution in [2.45, 2.75) is 76.6 Å². The Hall–Kier alpha value is -2.31. The van der Waals surface area contributed by atoms with E-state index in [1.54, 1.807) is 26.8 Å². The van der Waals surface area contributed by atoms with Crippen molar-refractivity contribution >= 4 is 18.0 Å². The van der Waals surface area contributed by atoms with Crippen LogP contribution in [0, 0.1) is 0 Å². The fourth-order valence-electron chi connectivity index (χ4n) is 3.10. The molecule has 1 rings (SSSR count). The number of carboxylic acids is 1. The van der Waals surface area contributed by atoms with E-state index in [4.69, 9.17) is 4.74 Å². The van der Waals surface area contributed by atoms with Crippen molar-refractivity contribution in [2.75, 3.05) is 0 Å². The quantitative estimate of drug-likeness (QED) is 0.676. The molecule has 1 fully saturated rings. The lowest BCUT2D eigenvalue weighted by atomic mass is 9.92. The van der Waals surface area contributed by atoms with Crippen LogP contribution in [0.4, 0.5) is 4.79 Å². The molecule has 0 aromatic carbocycles.